The minimum absolute atomic E-state index is 0.00775. The third-order valence-corrected chi connectivity index (χ3v) is 5.90. The summed E-state index contributed by atoms with van der Waals surface area (Å²) >= 11 is 0. The van der Waals surface area contributed by atoms with Crippen molar-refractivity contribution >= 4 is 17.1 Å². The Hall–Kier alpha value is -4.43. The Morgan fingerprint density at radius 3 is 1.76 bits per heavy atom. The van der Waals surface area contributed by atoms with Gasteiger partial charge in [-0.3, -0.25) is 4.79 Å². The summed E-state index contributed by atoms with van der Waals surface area (Å²) in [6, 6.07) is 40.5. The van der Waals surface area contributed by atoms with Gasteiger partial charge >= 0.3 is 0 Å². The molecule has 0 atom stereocenters. The van der Waals surface area contributed by atoms with Crippen LogP contribution in [-0.4, -0.2) is 10.7 Å². The zero-order valence-corrected chi connectivity index (χ0v) is 18.8. The van der Waals surface area contributed by atoms with Gasteiger partial charge in [0.15, 0.2) is 5.78 Å². The van der Waals surface area contributed by atoms with E-state index in [0.717, 1.165) is 28.1 Å². The van der Waals surface area contributed by atoms with Gasteiger partial charge in [0, 0.05) is 29.6 Å². The average molecular weight is 440 g/mol. The van der Waals surface area contributed by atoms with Crippen LogP contribution in [0.1, 0.15) is 27.0 Å². The van der Waals surface area contributed by atoms with Gasteiger partial charge < -0.3 is 4.90 Å². The Kier molecular flexibility index (Phi) is 6.31. The maximum absolute atomic E-state index is 13.2. The molecule has 1 aliphatic heterocycles. The standard InChI is InChI=1S/C32H25NO/c34-32(28-19-11-4-12-20-28)23-30-21-29(26-15-7-2-8-16-26)22-31(27-17-9-3-10-18-27)33(30)24-25-13-5-1-6-14-25/h1-23H,24H2/b30-23+. The molecule has 0 bridgehead atoms. The van der Waals surface area contributed by atoms with Gasteiger partial charge in [-0.25, -0.2) is 0 Å². The molecule has 0 N–H and O–H groups in total. The molecule has 0 amide bonds. The highest BCUT2D eigenvalue weighted by Crippen LogP contribution is 2.35. The fourth-order valence-corrected chi connectivity index (χ4v) is 4.17. The largest absolute Gasteiger partial charge is 0.336 e. The topological polar surface area (TPSA) is 20.3 Å². The third kappa shape index (κ3) is 4.82. The Balaban J connectivity index is 1.66. The van der Waals surface area contributed by atoms with Gasteiger partial charge in [-0.1, -0.05) is 121 Å². The first kappa shape index (κ1) is 21.4. The van der Waals surface area contributed by atoms with Crippen LogP contribution in [0.3, 0.4) is 0 Å². The maximum atomic E-state index is 13.2. The van der Waals surface area contributed by atoms with Gasteiger partial charge in [-0.2, -0.15) is 0 Å². The molecule has 34 heavy (non-hydrogen) atoms. The Morgan fingerprint density at radius 2 is 1.15 bits per heavy atom. The minimum Gasteiger partial charge on any atom is -0.336 e. The summed E-state index contributed by atoms with van der Waals surface area (Å²) in [6.07, 6.45) is 6.10. The van der Waals surface area contributed by atoms with Gasteiger partial charge in [0.2, 0.25) is 0 Å². The second-order valence-electron chi connectivity index (χ2n) is 8.23. The zero-order valence-electron chi connectivity index (χ0n) is 18.8. The highest BCUT2D eigenvalue weighted by atomic mass is 16.1. The summed E-state index contributed by atoms with van der Waals surface area (Å²) in [6.45, 7) is 0.661. The fraction of sp³-hybridized carbons (Fsp3) is 0.0312. The molecule has 2 nitrogen and oxygen atoms in total. The number of nitrogens with zero attached hydrogens (tertiary/aromatic N) is 1. The Morgan fingerprint density at radius 1 is 0.618 bits per heavy atom. The van der Waals surface area contributed by atoms with Crippen molar-refractivity contribution in [2.45, 2.75) is 6.54 Å². The molecule has 4 aromatic carbocycles. The van der Waals surface area contributed by atoms with Gasteiger partial charge in [0.1, 0.15) is 0 Å². The minimum atomic E-state index is -0.00775. The number of hydrogen-bond donors (Lipinski definition) is 0. The van der Waals surface area contributed by atoms with Crippen molar-refractivity contribution in [2.75, 3.05) is 0 Å². The van der Waals surface area contributed by atoms with E-state index < -0.39 is 0 Å². The van der Waals surface area contributed by atoms with E-state index in [1.54, 1.807) is 6.08 Å². The predicted molar refractivity (Wildman–Crippen MR) is 140 cm³/mol. The highest BCUT2D eigenvalue weighted by molar-refractivity contribution is 6.05. The van der Waals surface area contributed by atoms with E-state index in [9.17, 15) is 4.79 Å². The molecule has 0 spiro atoms. The predicted octanol–water partition coefficient (Wildman–Crippen LogP) is 7.39. The molecule has 1 aliphatic rings. The van der Waals surface area contributed by atoms with Crippen LogP contribution >= 0.6 is 0 Å². The van der Waals surface area contributed by atoms with Gasteiger partial charge in [0.05, 0.1) is 0 Å². The molecule has 2 heteroatoms. The summed E-state index contributed by atoms with van der Waals surface area (Å²) < 4.78 is 0. The first-order valence-electron chi connectivity index (χ1n) is 11.4. The number of rotatable bonds is 6. The summed E-state index contributed by atoms with van der Waals surface area (Å²) in [5.41, 5.74) is 7.11. The molecule has 164 valence electrons. The van der Waals surface area contributed by atoms with Crippen LogP contribution in [0.15, 0.2) is 145 Å². The number of carbonyl (C=O) groups excluding carboxylic acids is 1. The van der Waals surface area contributed by atoms with Crippen molar-refractivity contribution in [1.29, 1.82) is 0 Å². The monoisotopic (exact) mass is 439 g/mol. The van der Waals surface area contributed by atoms with E-state index in [0.29, 0.717) is 12.1 Å². The van der Waals surface area contributed by atoms with E-state index >= 15 is 0 Å². The van der Waals surface area contributed by atoms with Crippen molar-refractivity contribution < 1.29 is 4.79 Å². The van der Waals surface area contributed by atoms with Crippen LogP contribution in [-0.2, 0) is 6.54 Å². The average Bonchev–Trinajstić information content (AvgIpc) is 2.91. The van der Waals surface area contributed by atoms with Crippen LogP contribution in [0, 0.1) is 0 Å². The van der Waals surface area contributed by atoms with Crippen LogP contribution in [0.4, 0.5) is 0 Å². The first-order valence-corrected chi connectivity index (χ1v) is 11.4. The van der Waals surface area contributed by atoms with E-state index in [4.69, 9.17) is 0 Å². The van der Waals surface area contributed by atoms with E-state index in [1.165, 1.54) is 5.56 Å². The number of carbonyl (C=O) groups is 1. The highest BCUT2D eigenvalue weighted by Gasteiger charge is 2.22. The van der Waals surface area contributed by atoms with Crippen molar-refractivity contribution in [3.05, 3.63) is 168 Å². The molecule has 1 heterocycles. The molecular weight excluding hydrogens is 414 g/mol. The number of hydrogen-bond acceptors (Lipinski definition) is 2. The van der Waals surface area contributed by atoms with E-state index in [1.807, 2.05) is 60.7 Å². The molecule has 4 aromatic rings. The van der Waals surface area contributed by atoms with Crippen LogP contribution in [0.2, 0.25) is 0 Å². The van der Waals surface area contributed by atoms with Crippen molar-refractivity contribution in [3.63, 3.8) is 0 Å². The molecular formula is C32H25NO. The smallest absolute Gasteiger partial charge is 0.187 e. The first-order chi connectivity index (χ1) is 16.8. The van der Waals surface area contributed by atoms with Crippen molar-refractivity contribution in [2.24, 2.45) is 0 Å². The quantitative estimate of drug-likeness (QED) is 0.230. The third-order valence-electron chi connectivity index (χ3n) is 5.90. The van der Waals surface area contributed by atoms with Gasteiger partial charge in [0.25, 0.3) is 0 Å². The molecule has 0 radical (unpaired) electrons. The van der Waals surface area contributed by atoms with Crippen molar-refractivity contribution in [3.8, 4) is 0 Å². The van der Waals surface area contributed by atoms with Crippen LogP contribution in [0.5, 0.6) is 0 Å². The molecule has 0 saturated heterocycles. The summed E-state index contributed by atoms with van der Waals surface area (Å²) in [4.78, 5) is 15.5. The second-order valence-corrected chi connectivity index (χ2v) is 8.23. The molecule has 0 aromatic heterocycles. The molecule has 5 rings (SSSR count). The van der Waals surface area contributed by atoms with Crippen LogP contribution in [0.25, 0.3) is 11.3 Å². The lowest BCUT2D eigenvalue weighted by atomic mass is 9.95. The lowest BCUT2D eigenvalue weighted by Gasteiger charge is -2.33. The summed E-state index contributed by atoms with van der Waals surface area (Å²) in [5.74, 6) is -0.00775. The van der Waals surface area contributed by atoms with Crippen LogP contribution < -0.4 is 0 Å². The number of allylic oxidation sites excluding steroid dienone is 4. The summed E-state index contributed by atoms with van der Waals surface area (Å²) in [5, 5.41) is 0. The van der Waals surface area contributed by atoms with E-state index in [-0.39, 0.29) is 5.78 Å². The lowest BCUT2D eigenvalue weighted by molar-refractivity contribution is 0.104. The Bertz CT molecular complexity index is 1350. The zero-order chi connectivity index (χ0) is 23.2. The normalized spacial score (nSPS) is 14.5. The summed E-state index contributed by atoms with van der Waals surface area (Å²) in [7, 11) is 0. The van der Waals surface area contributed by atoms with Crippen molar-refractivity contribution in [1.82, 2.24) is 4.90 Å². The molecule has 0 aliphatic carbocycles. The molecule has 0 fully saturated rings. The fourth-order valence-electron chi connectivity index (χ4n) is 4.17. The number of ketones is 1. The Labute approximate surface area is 200 Å². The number of benzene rings is 4. The van der Waals surface area contributed by atoms with Gasteiger partial charge in [-0.15, -0.1) is 0 Å². The van der Waals surface area contributed by atoms with E-state index in [2.05, 4.69) is 77.7 Å². The molecule has 0 unspecified atom stereocenters. The molecule has 0 saturated carbocycles. The second kappa shape index (κ2) is 10.0. The maximum Gasteiger partial charge on any atom is 0.187 e. The van der Waals surface area contributed by atoms with Gasteiger partial charge in [-0.05, 0) is 34.4 Å². The lowest BCUT2D eigenvalue weighted by Crippen LogP contribution is -2.24. The SMILES string of the molecule is O=C(/C=C1\C=C(c2ccccc2)C=C(c2ccccc2)N1Cc1ccccc1)c1ccccc1.